The highest BCUT2D eigenvalue weighted by Crippen LogP contribution is 2.34. The molecule has 2 aliphatic heterocycles. The van der Waals surface area contributed by atoms with Gasteiger partial charge in [0.05, 0.1) is 11.3 Å². The lowest BCUT2D eigenvalue weighted by atomic mass is 9.84. The highest BCUT2D eigenvalue weighted by Gasteiger charge is 2.33. The predicted octanol–water partition coefficient (Wildman–Crippen LogP) is 3.27. The molecule has 0 spiro atoms. The maximum absolute atomic E-state index is 13.2. The van der Waals surface area contributed by atoms with E-state index in [1.807, 2.05) is 6.92 Å². The lowest BCUT2D eigenvalue weighted by Gasteiger charge is -2.21. The van der Waals surface area contributed by atoms with Gasteiger partial charge in [0.1, 0.15) is 18.0 Å². The highest BCUT2D eigenvalue weighted by atomic mass is 16.6. The molecule has 1 aromatic carbocycles. The van der Waals surface area contributed by atoms with Crippen molar-refractivity contribution in [1.29, 1.82) is 0 Å². The number of carbonyl (C=O) groups is 5. The van der Waals surface area contributed by atoms with Gasteiger partial charge in [0, 0.05) is 35.6 Å². The molecule has 3 N–H and O–H groups in total. The molecule has 1 aromatic rings. The van der Waals surface area contributed by atoms with Crippen molar-refractivity contribution >= 4 is 29.2 Å². The molecule has 2 heterocycles. The van der Waals surface area contributed by atoms with E-state index in [4.69, 9.17) is 4.74 Å². The van der Waals surface area contributed by atoms with Crippen molar-refractivity contribution in [1.82, 2.24) is 5.32 Å². The largest absolute Gasteiger partial charge is 0.507 e. The van der Waals surface area contributed by atoms with E-state index in [9.17, 15) is 34.2 Å². The Hall–Kier alpha value is -3.85. The minimum absolute atomic E-state index is 0.0221. The fraction of sp³-hybridized carbons (Fsp3) is 0.393. The van der Waals surface area contributed by atoms with Crippen molar-refractivity contribution in [2.45, 2.75) is 65.6 Å². The number of fused-ring (bicyclic) bond motifs is 13. The number of ketones is 3. The molecule has 9 nitrogen and oxygen atoms in total. The number of nitrogens with one attached hydrogen (secondary N) is 1. The van der Waals surface area contributed by atoms with Crippen LogP contribution in [0.2, 0.25) is 0 Å². The third-order valence-corrected chi connectivity index (χ3v) is 6.59. The first-order valence-electron chi connectivity index (χ1n) is 12.2. The SMILES string of the molecule is CC[C@H]1C=C[C@H](O)[C@H](C)OC(=O)C(C)=CCC(=O)NC2=CC(=O)c3c(cc(C)c(O)c3C(=O)CC1)C2=O. The van der Waals surface area contributed by atoms with Gasteiger partial charge >= 0.3 is 5.97 Å². The van der Waals surface area contributed by atoms with Crippen LogP contribution in [0, 0.1) is 12.8 Å². The second kappa shape index (κ2) is 11.5. The van der Waals surface area contributed by atoms with Crippen molar-refractivity contribution in [2.75, 3.05) is 0 Å². The van der Waals surface area contributed by atoms with Crippen LogP contribution in [-0.2, 0) is 14.3 Å². The Balaban J connectivity index is 2.06. The zero-order valence-corrected chi connectivity index (χ0v) is 21.3. The van der Waals surface area contributed by atoms with Gasteiger partial charge in [-0.05, 0) is 51.2 Å². The predicted molar refractivity (Wildman–Crippen MR) is 134 cm³/mol. The third kappa shape index (κ3) is 6.11. The quantitative estimate of drug-likeness (QED) is 0.386. The van der Waals surface area contributed by atoms with E-state index in [1.165, 1.54) is 39.0 Å². The third-order valence-electron chi connectivity index (χ3n) is 6.59. The molecule has 0 saturated carbocycles. The Kier molecular flexibility index (Phi) is 8.60. The molecule has 1 aliphatic carbocycles. The average Bonchev–Trinajstić information content (AvgIpc) is 2.85. The highest BCUT2D eigenvalue weighted by molar-refractivity contribution is 6.28. The first kappa shape index (κ1) is 27.7. The average molecular weight is 510 g/mol. The zero-order valence-electron chi connectivity index (χ0n) is 21.3. The van der Waals surface area contributed by atoms with Crippen LogP contribution in [0.15, 0.2) is 41.6 Å². The van der Waals surface area contributed by atoms with Gasteiger partial charge in [0.2, 0.25) is 11.7 Å². The van der Waals surface area contributed by atoms with Gasteiger partial charge in [-0.25, -0.2) is 4.79 Å². The molecule has 9 heteroatoms. The van der Waals surface area contributed by atoms with E-state index in [0.717, 1.165) is 6.08 Å². The molecule has 1 amide bonds. The summed E-state index contributed by atoms with van der Waals surface area (Å²) in [6.45, 7) is 6.43. The maximum atomic E-state index is 13.2. The molecule has 0 saturated heterocycles. The first-order chi connectivity index (χ1) is 17.4. The summed E-state index contributed by atoms with van der Waals surface area (Å²) in [5, 5.41) is 23.5. The van der Waals surface area contributed by atoms with Gasteiger partial charge in [-0.2, -0.15) is 0 Å². The van der Waals surface area contributed by atoms with Gasteiger partial charge in [0.25, 0.3) is 0 Å². The maximum Gasteiger partial charge on any atom is 0.333 e. The Labute approximate surface area is 214 Å². The molecule has 0 unspecified atom stereocenters. The number of aromatic hydroxyl groups is 1. The minimum Gasteiger partial charge on any atom is -0.507 e. The van der Waals surface area contributed by atoms with Gasteiger partial charge in [-0.15, -0.1) is 0 Å². The molecule has 3 atom stereocenters. The van der Waals surface area contributed by atoms with E-state index in [-0.39, 0.29) is 58.0 Å². The number of benzene rings is 1. The van der Waals surface area contributed by atoms with Crippen LogP contribution in [0.5, 0.6) is 5.75 Å². The van der Waals surface area contributed by atoms with E-state index in [0.29, 0.717) is 12.8 Å². The van der Waals surface area contributed by atoms with Crippen LogP contribution in [0.1, 0.15) is 83.1 Å². The minimum atomic E-state index is -1.09. The second-order valence-corrected chi connectivity index (χ2v) is 9.35. The van der Waals surface area contributed by atoms with E-state index < -0.39 is 41.4 Å². The molecule has 37 heavy (non-hydrogen) atoms. The topological polar surface area (TPSA) is 147 Å². The molecule has 4 bridgehead atoms. The Morgan fingerprint density at radius 3 is 2.46 bits per heavy atom. The molecule has 4 rings (SSSR count). The lowest BCUT2D eigenvalue weighted by molar-refractivity contribution is -0.147. The van der Waals surface area contributed by atoms with Crippen LogP contribution < -0.4 is 5.32 Å². The van der Waals surface area contributed by atoms with Gasteiger partial charge in [-0.1, -0.05) is 25.2 Å². The van der Waals surface area contributed by atoms with Crippen LogP contribution in [-0.4, -0.2) is 51.6 Å². The van der Waals surface area contributed by atoms with Crippen molar-refractivity contribution in [2.24, 2.45) is 5.92 Å². The number of esters is 1. The standard InChI is InChI=1S/C28H31NO8/c1-5-17-7-9-20(30)16(4)37-28(36)14(2)6-11-23(33)29-19-13-22(32)24-18(27(19)35)12-15(3)26(34)25(24)21(31)10-8-17/h6-7,9,12-13,16-17,20,30,34H,5,8,10-11H2,1-4H3,(H,29,33)/t16-,17-,20-/m0/s1. The Bertz CT molecular complexity index is 1250. The normalized spacial score (nSPS) is 23.8. The number of aryl methyl sites for hydroxylation is 1. The summed E-state index contributed by atoms with van der Waals surface area (Å²) in [5.41, 5.74) is -0.339. The number of aliphatic hydroxyl groups is 1. The van der Waals surface area contributed by atoms with Gasteiger partial charge in [0.15, 0.2) is 11.6 Å². The molecule has 3 aliphatic rings. The monoisotopic (exact) mass is 509 g/mol. The molecule has 196 valence electrons. The number of ether oxygens (including phenoxy) is 1. The molecular formula is C28H31NO8. The van der Waals surface area contributed by atoms with E-state index >= 15 is 0 Å². The zero-order chi connectivity index (χ0) is 27.4. The van der Waals surface area contributed by atoms with Gasteiger partial charge < -0.3 is 20.3 Å². The molecule has 0 aromatic heterocycles. The number of amides is 1. The summed E-state index contributed by atoms with van der Waals surface area (Å²) in [6, 6.07) is 1.33. The number of rotatable bonds is 1. The second-order valence-electron chi connectivity index (χ2n) is 9.35. The van der Waals surface area contributed by atoms with Crippen LogP contribution in [0.3, 0.4) is 0 Å². The number of carbonyl (C=O) groups excluding carboxylic acids is 5. The number of aliphatic hydroxyl groups excluding tert-OH is 1. The van der Waals surface area contributed by atoms with Crippen molar-refractivity contribution in [3.63, 3.8) is 0 Å². The van der Waals surface area contributed by atoms with E-state index in [1.54, 1.807) is 6.08 Å². The summed E-state index contributed by atoms with van der Waals surface area (Å²) in [5.74, 6) is -3.67. The fourth-order valence-corrected chi connectivity index (χ4v) is 4.19. The summed E-state index contributed by atoms with van der Waals surface area (Å²) in [4.78, 5) is 64.2. The number of allylic oxidation sites excluding steroid dienone is 3. The van der Waals surface area contributed by atoms with Crippen LogP contribution in [0.4, 0.5) is 0 Å². The van der Waals surface area contributed by atoms with Crippen LogP contribution in [0.25, 0.3) is 0 Å². The summed E-state index contributed by atoms with van der Waals surface area (Å²) >= 11 is 0. The molecule has 0 radical (unpaired) electrons. The van der Waals surface area contributed by atoms with E-state index in [2.05, 4.69) is 5.32 Å². The smallest absolute Gasteiger partial charge is 0.333 e. The lowest BCUT2D eigenvalue weighted by Crippen LogP contribution is -2.32. The number of phenols is 1. The number of hydrogen-bond donors (Lipinski definition) is 3. The molecular weight excluding hydrogens is 478 g/mol. The van der Waals surface area contributed by atoms with Crippen molar-refractivity contribution < 1.29 is 38.9 Å². The summed E-state index contributed by atoms with van der Waals surface area (Å²) in [6.07, 6.45) is 4.26. The summed E-state index contributed by atoms with van der Waals surface area (Å²) in [7, 11) is 0. The fourth-order valence-electron chi connectivity index (χ4n) is 4.19. The summed E-state index contributed by atoms with van der Waals surface area (Å²) < 4.78 is 5.28. The van der Waals surface area contributed by atoms with Crippen LogP contribution >= 0.6 is 0 Å². The number of phenolic OH excluding ortho intramolecular Hbond substituents is 1. The molecule has 0 fully saturated rings. The number of hydrogen-bond acceptors (Lipinski definition) is 8. The Morgan fingerprint density at radius 1 is 1.08 bits per heavy atom. The number of Topliss-reactive ketones (excluding diaryl/α,β-unsaturated/α-hetero) is 2. The Morgan fingerprint density at radius 2 is 1.78 bits per heavy atom. The van der Waals surface area contributed by atoms with Gasteiger partial charge in [-0.3, -0.25) is 19.2 Å². The van der Waals surface area contributed by atoms with Crippen molar-refractivity contribution in [3.8, 4) is 5.75 Å². The van der Waals surface area contributed by atoms with Crippen molar-refractivity contribution in [3.05, 3.63) is 63.9 Å². The first-order valence-corrected chi connectivity index (χ1v) is 12.2.